The molecule has 3 aromatic carbocycles. The Morgan fingerprint density at radius 3 is 2.06 bits per heavy atom. The first-order chi connectivity index (χ1) is 15.4. The van der Waals surface area contributed by atoms with E-state index in [1.54, 1.807) is 6.07 Å². The van der Waals surface area contributed by atoms with Gasteiger partial charge >= 0.3 is 0 Å². The minimum atomic E-state index is -0.132. The fourth-order valence-electron chi connectivity index (χ4n) is 3.23. The number of carbonyl (C=O) groups excluding carboxylic acids is 1. The molecule has 0 aliphatic carbocycles. The lowest BCUT2D eigenvalue weighted by molar-refractivity contribution is 0.102. The summed E-state index contributed by atoms with van der Waals surface area (Å²) in [6.07, 6.45) is 0. The van der Waals surface area contributed by atoms with Gasteiger partial charge in [-0.3, -0.25) is 4.79 Å². The Balaban J connectivity index is 1.43. The van der Waals surface area contributed by atoms with Gasteiger partial charge in [-0.25, -0.2) is 4.98 Å². The molecule has 0 atom stereocenters. The number of hydrogen-bond acceptors (Lipinski definition) is 5. The average Bonchev–Trinajstić information content (AvgIpc) is 2.76. The molecule has 0 radical (unpaired) electrons. The van der Waals surface area contributed by atoms with Crippen molar-refractivity contribution in [1.82, 2.24) is 9.97 Å². The molecule has 3 N–H and O–H groups in total. The molecule has 0 saturated heterocycles. The average molecular weight is 424 g/mol. The number of nitrogens with zero attached hydrogens (tertiary/aromatic N) is 2. The molecule has 1 aromatic heterocycles. The van der Waals surface area contributed by atoms with Crippen molar-refractivity contribution in [2.75, 3.05) is 16.0 Å². The fourth-order valence-corrected chi connectivity index (χ4v) is 3.23. The first-order valence-electron chi connectivity index (χ1n) is 10.4. The molecule has 0 aliphatic rings. The SMILES string of the molecule is Cc1ccc(Nc2nc(C)cc(Nc3ccc(NC(=O)c4cccc(C)c4)cc3)n2)cc1. The normalized spacial score (nSPS) is 10.5. The van der Waals surface area contributed by atoms with E-state index in [-0.39, 0.29) is 5.91 Å². The Hall–Kier alpha value is -4.19. The zero-order chi connectivity index (χ0) is 22.5. The maximum absolute atomic E-state index is 12.4. The number of aromatic nitrogens is 2. The molecule has 0 unspecified atom stereocenters. The van der Waals surface area contributed by atoms with Gasteiger partial charge in [0.2, 0.25) is 5.95 Å². The molecule has 6 nitrogen and oxygen atoms in total. The van der Waals surface area contributed by atoms with Gasteiger partial charge in [0.05, 0.1) is 0 Å². The number of benzene rings is 3. The van der Waals surface area contributed by atoms with Crippen LogP contribution in [0.15, 0.2) is 78.9 Å². The molecule has 0 aliphatic heterocycles. The summed E-state index contributed by atoms with van der Waals surface area (Å²) in [7, 11) is 0. The molecular formula is C26H25N5O. The van der Waals surface area contributed by atoms with Crippen molar-refractivity contribution >= 4 is 34.7 Å². The minimum absolute atomic E-state index is 0.132. The highest BCUT2D eigenvalue weighted by atomic mass is 16.1. The van der Waals surface area contributed by atoms with Gasteiger partial charge in [-0.2, -0.15) is 4.98 Å². The van der Waals surface area contributed by atoms with Gasteiger partial charge < -0.3 is 16.0 Å². The maximum Gasteiger partial charge on any atom is 0.255 e. The number of aryl methyl sites for hydroxylation is 3. The summed E-state index contributed by atoms with van der Waals surface area (Å²) in [5.74, 6) is 1.08. The first-order valence-corrected chi connectivity index (χ1v) is 10.4. The van der Waals surface area contributed by atoms with Crippen LogP contribution in [-0.4, -0.2) is 15.9 Å². The second-order valence-electron chi connectivity index (χ2n) is 7.74. The van der Waals surface area contributed by atoms with Crippen LogP contribution in [-0.2, 0) is 0 Å². The van der Waals surface area contributed by atoms with Gasteiger partial charge in [0.1, 0.15) is 5.82 Å². The zero-order valence-electron chi connectivity index (χ0n) is 18.3. The Bertz CT molecular complexity index is 1230. The van der Waals surface area contributed by atoms with Crippen LogP contribution in [0.1, 0.15) is 27.2 Å². The quantitative estimate of drug-likeness (QED) is 0.347. The molecule has 4 aromatic rings. The van der Waals surface area contributed by atoms with Gasteiger partial charge in [0, 0.05) is 34.4 Å². The van der Waals surface area contributed by atoms with E-state index in [1.807, 2.05) is 93.6 Å². The first kappa shape index (κ1) is 21.1. The maximum atomic E-state index is 12.4. The van der Waals surface area contributed by atoms with Gasteiger partial charge in [0.25, 0.3) is 5.91 Å². The van der Waals surface area contributed by atoms with E-state index >= 15 is 0 Å². The molecule has 0 fully saturated rings. The zero-order valence-corrected chi connectivity index (χ0v) is 18.3. The highest BCUT2D eigenvalue weighted by Crippen LogP contribution is 2.21. The molecular weight excluding hydrogens is 398 g/mol. The largest absolute Gasteiger partial charge is 0.340 e. The number of rotatable bonds is 6. The molecule has 1 heterocycles. The van der Waals surface area contributed by atoms with Crippen molar-refractivity contribution in [3.63, 3.8) is 0 Å². The van der Waals surface area contributed by atoms with E-state index in [2.05, 4.69) is 25.9 Å². The highest BCUT2D eigenvalue weighted by molar-refractivity contribution is 6.04. The predicted octanol–water partition coefficient (Wildman–Crippen LogP) is 6.14. The van der Waals surface area contributed by atoms with Crippen LogP contribution in [0.4, 0.5) is 28.8 Å². The second kappa shape index (κ2) is 9.31. The lowest BCUT2D eigenvalue weighted by Gasteiger charge is -2.11. The molecule has 6 heteroatoms. The summed E-state index contributed by atoms with van der Waals surface area (Å²) in [6, 6.07) is 25.0. The smallest absolute Gasteiger partial charge is 0.255 e. The predicted molar refractivity (Wildman–Crippen MR) is 130 cm³/mol. The van der Waals surface area contributed by atoms with Crippen LogP contribution in [0.2, 0.25) is 0 Å². The third-order valence-corrected chi connectivity index (χ3v) is 4.86. The van der Waals surface area contributed by atoms with Gasteiger partial charge in [-0.05, 0) is 69.3 Å². The molecule has 160 valence electrons. The lowest BCUT2D eigenvalue weighted by atomic mass is 10.1. The van der Waals surface area contributed by atoms with Crippen LogP contribution in [0.5, 0.6) is 0 Å². The summed E-state index contributed by atoms with van der Waals surface area (Å²) in [4.78, 5) is 21.5. The standard InChI is InChI=1S/C26H25N5O/c1-17-7-9-23(10-8-17)30-26-27-19(3)16-24(31-26)28-21-11-13-22(14-12-21)29-25(32)20-6-4-5-18(2)15-20/h4-16H,1-3H3,(H,29,32)(H2,27,28,30,31). The summed E-state index contributed by atoms with van der Waals surface area (Å²) >= 11 is 0. The molecule has 0 spiro atoms. The Kier molecular flexibility index (Phi) is 6.12. The number of hydrogen-bond donors (Lipinski definition) is 3. The minimum Gasteiger partial charge on any atom is -0.340 e. The summed E-state index contributed by atoms with van der Waals surface area (Å²) in [6.45, 7) is 5.94. The summed E-state index contributed by atoms with van der Waals surface area (Å²) in [5.41, 5.74) is 6.24. The molecule has 4 rings (SSSR count). The third-order valence-electron chi connectivity index (χ3n) is 4.86. The van der Waals surface area contributed by atoms with E-state index in [9.17, 15) is 4.79 Å². The van der Waals surface area contributed by atoms with Crippen LogP contribution >= 0.6 is 0 Å². The van der Waals surface area contributed by atoms with Crippen molar-refractivity contribution < 1.29 is 4.79 Å². The van der Waals surface area contributed by atoms with Gasteiger partial charge in [0.15, 0.2) is 0 Å². The van der Waals surface area contributed by atoms with E-state index < -0.39 is 0 Å². The topological polar surface area (TPSA) is 78.9 Å². The number of anilines is 5. The number of carbonyl (C=O) groups is 1. The third kappa shape index (κ3) is 5.49. The van der Waals surface area contributed by atoms with Crippen molar-refractivity contribution in [3.05, 3.63) is 101 Å². The molecule has 0 bridgehead atoms. The molecule has 1 amide bonds. The fraction of sp³-hybridized carbons (Fsp3) is 0.115. The van der Waals surface area contributed by atoms with Crippen LogP contribution in [0.3, 0.4) is 0 Å². The Morgan fingerprint density at radius 2 is 1.34 bits per heavy atom. The van der Waals surface area contributed by atoms with Crippen LogP contribution in [0, 0.1) is 20.8 Å². The van der Waals surface area contributed by atoms with Crippen LogP contribution < -0.4 is 16.0 Å². The molecule has 0 saturated carbocycles. The van der Waals surface area contributed by atoms with Crippen molar-refractivity contribution in [2.45, 2.75) is 20.8 Å². The Morgan fingerprint density at radius 1 is 0.688 bits per heavy atom. The van der Waals surface area contributed by atoms with E-state index in [1.165, 1.54) is 5.56 Å². The van der Waals surface area contributed by atoms with E-state index in [4.69, 9.17) is 0 Å². The summed E-state index contributed by atoms with van der Waals surface area (Å²) < 4.78 is 0. The summed E-state index contributed by atoms with van der Waals surface area (Å²) in [5, 5.41) is 9.46. The van der Waals surface area contributed by atoms with Gasteiger partial charge in [-0.1, -0.05) is 35.4 Å². The number of amides is 1. The van der Waals surface area contributed by atoms with Crippen LogP contribution in [0.25, 0.3) is 0 Å². The monoisotopic (exact) mass is 423 g/mol. The van der Waals surface area contributed by atoms with Crippen molar-refractivity contribution in [1.29, 1.82) is 0 Å². The van der Waals surface area contributed by atoms with E-state index in [0.29, 0.717) is 17.3 Å². The Labute approximate surface area is 187 Å². The van der Waals surface area contributed by atoms with E-state index in [0.717, 1.165) is 28.3 Å². The highest BCUT2D eigenvalue weighted by Gasteiger charge is 2.07. The van der Waals surface area contributed by atoms with Gasteiger partial charge in [-0.15, -0.1) is 0 Å². The number of nitrogens with one attached hydrogen (secondary N) is 3. The van der Waals surface area contributed by atoms with Crippen molar-refractivity contribution in [3.8, 4) is 0 Å². The lowest BCUT2D eigenvalue weighted by Crippen LogP contribution is -2.11. The molecule has 32 heavy (non-hydrogen) atoms. The van der Waals surface area contributed by atoms with Crippen molar-refractivity contribution in [2.24, 2.45) is 0 Å². The second-order valence-corrected chi connectivity index (χ2v) is 7.74.